The van der Waals surface area contributed by atoms with E-state index in [0.717, 1.165) is 0 Å². The summed E-state index contributed by atoms with van der Waals surface area (Å²) in [6.07, 6.45) is 0. The van der Waals surface area contributed by atoms with Crippen LogP contribution in [0.15, 0.2) is 36.4 Å². The van der Waals surface area contributed by atoms with E-state index < -0.39 is 10.7 Å². The van der Waals surface area contributed by atoms with Gasteiger partial charge in [0, 0.05) is 28.0 Å². The van der Waals surface area contributed by atoms with Crippen LogP contribution in [-0.4, -0.2) is 4.92 Å². The summed E-state index contributed by atoms with van der Waals surface area (Å²) in [6.45, 7) is 0. The van der Waals surface area contributed by atoms with Gasteiger partial charge in [-0.25, -0.2) is 4.39 Å². The summed E-state index contributed by atoms with van der Waals surface area (Å²) in [6, 6.07) is 8.24. The first-order valence-electron chi connectivity index (χ1n) is 5.48. The van der Waals surface area contributed by atoms with Crippen LogP contribution in [0.25, 0.3) is 0 Å². The minimum Gasteiger partial charge on any atom is -0.450 e. The molecule has 0 aromatic heterocycles. The van der Waals surface area contributed by atoms with Gasteiger partial charge in [-0.1, -0.05) is 33.6 Å². The van der Waals surface area contributed by atoms with Crippen LogP contribution in [0, 0.1) is 15.9 Å². The number of alkyl halides is 1. The van der Waals surface area contributed by atoms with Gasteiger partial charge in [-0.2, -0.15) is 0 Å². The van der Waals surface area contributed by atoms with Crippen molar-refractivity contribution in [1.29, 1.82) is 0 Å². The molecule has 2 aromatic rings. The van der Waals surface area contributed by atoms with Gasteiger partial charge in [-0.3, -0.25) is 10.1 Å². The predicted molar refractivity (Wildman–Crippen MR) is 77.2 cm³/mol. The molecule has 7 heteroatoms. The number of hydrogen-bond donors (Lipinski definition) is 0. The fourth-order valence-corrected chi connectivity index (χ4v) is 2.31. The van der Waals surface area contributed by atoms with Gasteiger partial charge in [0.05, 0.1) is 4.92 Å². The second-order valence-corrected chi connectivity index (χ2v) is 4.82. The number of benzene rings is 2. The van der Waals surface area contributed by atoms with Gasteiger partial charge >= 0.3 is 5.69 Å². The summed E-state index contributed by atoms with van der Waals surface area (Å²) < 4.78 is 19.1. The Kier molecular flexibility index (Phi) is 4.57. The zero-order valence-electron chi connectivity index (χ0n) is 9.98. The van der Waals surface area contributed by atoms with E-state index in [9.17, 15) is 14.5 Å². The highest BCUT2D eigenvalue weighted by atomic mass is 79.9. The van der Waals surface area contributed by atoms with Crippen LogP contribution in [0.4, 0.5) is 10.1 Å². The molecule has 4 nitrogen and oxygen atoms in total. The summed E-state index contributed by atoms with van der Waals surface area (Å²) >= 11 is 8.96. The lowest BCUT2D eigenvalue weighted by Crippen LogP contribution is -1.96. The van der Waals surface area contributed by atoms with E-state index in [-0.39, 0.29) is 28.1 Å². The Morgan fingerprint density at radius 1 is 1.30 bits per heavy atom. The quantitative estimate of drug-likeness (QED) is 0.434. The zero-order valence-corrected chi connectivity index (χ0v) is 12.3. The van der Waals surface area contributed by atoms with E-state index in [1.807, 2.05) is 0 Å². The molecule has 0 bridgehead atoms. The molecule has 0 N–H and O–H groups in total. The standard InChI is InChI=1S/C13H8BrClFNO3/c14-7-9-10(16)2-1-3-12(9)20-13-6-8(15)4-5-11(13)17(18)19/h1-6H,7H2. The molecule has 0 fully saturated rings. The van der Waals surface area contributed by atoms with Gasteiger partial charge in [0.2, 0.25) is 5.75 Å². The van der Waals surface area contributed by atoms with Crippen molar-refractivity contribution in [2.75, 3.05) is 0 Å². The Morgan fingerprint density at radius 3 is 2.70 bits per heavy atom. The van der Waals surface area contributed by atoms with E-state index in [1.54, 1.807) is 0 Å². The maximum Gasteiger partial charge on any atom is 0.311 e. The minimum absolute atomic E-state index is 0.0321. The minimum atomic E-state index is -0.585. The molecule has 0 aliphatic heterocycles. The molecule has 0 amide bonds. The normalized spacial score (nSPS) is 10.3. The number of nitro benzene ring substituents is 1. The smallest absolute Gasteiger partial charge is 0.311 e. The molecular formula is C13H8BrClFNO3. The van der Waals surface area contributed by atoms with Gasteiger partial charge in [-0.05, 0) is 18.2 Å². The SMILES string of the molecule is O=[N+]([O-])c1ccc(Cl)cc1Oc1cccc(F)c1CBr. The molecule has 0 saturated heterocycles. The highest BCUT2D eigenvalue weighted by Gasteiger charge is 2.18. The number of nitrogens with zero attached hydrogens (tertiary/aromatic N) is 1. The second-order valence-electron chi connectivity index (χ2n) is 3.82. The van der Waals surface area contributed by atoms with Crippen molar-refractivity contribution in [3.05, 3.63) is 62.9 Å². The molecule has 0 unspecified atom stereocenters. The second kappa shape index (κ2) is 6.19. The third kappa shape index (κ3) is 3.08. The maximum absolute atomic E-state index is 13.6. The summed E-state index contributed by atoms with van der Waals surface area (Å²) in [5.74, 6) is -0.286. The van der Waals surface area contributed by atoms with Crippen molar-refractivity contribution < 1.29 is 14.1 Å². The van der Waals surface area contributed by atoms with Crippen LogP contribution in [-0.2, 0) is 5.33 Å². The third-order valence-electron chi connectivity index (χ3n) is 2.55. The van der Waals surface area contributed by atoms with Gasteiger partial charge < -0.3 is 4.74 Å². The molecule has 0 aliphatic rings. The first kappa shape index (κ1) is 14.7. The lowest BCUT2D eigenvalue weighted by Gasteiger charge is -2.10. The van der Waals surface area contributed by atoms with Gasteiger partial charge in [0.1, 0.15) is 11.6 Å². The number of halogens is 3. The summed E-state index contributed by atoms with van der Waals surface area (Å²) in [5.41, 5.74) is 0.0426. The van der Waals surface area contributed by atoms with Crippen molar-refractivity contribution in [2.24, 2.45) is 0 Å². The number of ether oxygens (including phenoxy) is 1. The average molecular weight is 361 g/mol. The largest absolute Gasteiger partial charge is 0.450 e. The zero-order chi connectivity index (χ0) is 14.7. The van der Waals surface area contributed by atoms with Crippen molar-refractivity contribution >= 4 is 33.2 Å². The average Bonchev–Trinajstić information content (AvgIpc) is 2.38. The number of rotatable bonds is 4. The van der Waals surface area contributed by atoms with Gasteiger partial charge in [0.15, 0.2) is 0 Å². The molecule has 0 heterocycles. The first-order valence-corrected chi connectivity index (χ1v) is 6.98. The van der Waals surface area contributed by atoms with Crippen molar-refractivity contribution in [3.8, 4) is 11.5 Å². The first-order chi connectivity index (χ1) is 9.52. The lowest BCUT2D eigenvalue weighted by molar-refractivity contribution is -0.385. The summed E-state index contributed by atoms with van der Waals surface area (Å²) in [4.78, 5) is 10.4. The fourth-order valence-electron chi connectivity index (χ4n) is 1.60. The molecule has 0 atom stereocenters. The highest BCUT2D eigenvalue weighted by molar-refractivity contribution is 9.08. The molecule has 20 heavy (non-hydrogen) atoms. The van der Waals surface area contributed by atoms with Gasteiger partial charge in [-0.15, -0.1) is 0 Å². The van der Waals surface area contributed by atoms with Crippen LogP contribution in [0.1, 0.15) is 5.56 Å². The molecule has 2 rings (SSSR count). The van der Waals surface area contributed by atoms with Crippen LogP contribution >= 0.6 is 27.5 Å². The predicted octanol–water partition coefficient (Wildman–Crippen LogP) is 5.07. The van der Waals surface area contributed by atoms with E-state index >= 15 is 0 Å². The Morgan fingerprint density at radius 2 is 2.05 bits per heavy atom. The van der Waals surface area contributed by atoms with Crippen LogP contribution in [0.5, 0.6) is 11.5 Å². The van der Waals surface area contributed by atoms with Crippen LogP contribution in [0.3, 0.4) is 0 Å². The number of hydrogen-bond acceptors (Lipinski definition) is 3. The van der Waals surface area contributed by atoms with E-state index in [0.29, 0.717) is 5.02 Å². The maximum atomic E-state index is 13.6. The number of nitro groups is 1. The van der Waals surface area contributed by atoms with E-state index in [1.165, 1.54) is 36.4 Å². The van der Waals surface area contributed by atoms with Crippen LogP contribution in [0.2, 0.25) is 5.02 Å². The van der Waals surface area contributed by atoms with Crippen molar-refractivity contribution in [3.63, 3.8) is 0 Å². The van der Waals surface area contributed by atoms with Crippen molar-refractivity contribution in [2.45, 2.75) is 5.33 Å². The Balaban J connectivity index is 2.47. The Hall–Kier alpha value is -1.66. The molecule has 0 radical (unpaired) electrons. The van der Waals surface area contributed by atoms with E-state index in [4.69, 9.17) is 16.3 Å². The molecule has 0 saturated carbocycles. The molecule has 104 valence electrons. The molecule has 2 aromatic carbocycles. The fraction of sp³-hybridized carbons (Fsp3) is 0.0769. The lowest BCUT2D eigenvalue weighted by atomic mass is 10.2. The third-order valence-corrected chi connectivity index (χ3v) is 3.34. The topological polar surface area (TPSA) is 52.4 Å². The van der Waals surface area contributed by atoms with Crippen molar-refractivity contribution in [1.82, 2.24) is 0 Å². The summed E-state index contributed by atoms with van der Waals surface area (Å²) in [7, 11) is 0. The highest BCUT2D eigenvalue weighted by Crippen LogP contribution is 2.36. The monoisotopic (exact) mass is 359 g/mol. The molecule has 0 aliphatic carbocycles. The summed E-state index contributed by atoms with van der Waals surface area (Å²) in [5, 5.41) is 11.5. The van der Waals surface area contributed by atoms with Crippen LogP contribution < -0.4 is 4.74 Å². The Labute approximate surface area is 127 Å². The van der Waals surface area contributed by atoms with Gasteiger partial charge in [0.25, 0.3) is 0 Å². The molecule has 0 spiro atoms. The Bertz CT molecular complexity index is 666. The molecular weight excluding hydrogens is 353 g/mol. The van der Waals surface area contributed by atoms with E-state index in [2.05, 4.69) is 15.9 Å².